The fraction of sp³-hybridized carbons (Fsp3) is 0.238. The van der Waals surface area contributed by atoms with Gasteiger partial charge in [0.25, 0.3) is 0 Å². The number of nitrogens with zero attached hydrogens (tertiary/aromatic N) is 3. The molecule has 0 N–H and O–H groups in total. The molecule has 0 saturated carbocycles. The van der Waals surface area contributed by atoms with Gasteiger partial charge in [0.1, 0.15) is 15.7 Å². The van der Waals surface area contributed by atoms with Gasteiger partial charge in [-0.15, -0.1) is 11.3 Å². The van der Waals surface area contributed by atoms with Gasteiger partial charge in [0.2, 0.25) is 15.9 Å². The lowest BCUT2D eigenvalue weighted by atomic mass is 10.2. The standard InChI is InChI=1S/C21H19ClFN3O3S2/c22-16-5-3-4-15(12-16)21-24-17(14-30-21)13-20(27)25-8-10-26(11-9-25)31(28,29)19-7-2-1-6-18(19)23/h1-7,12,14H,8-11,13H2. The van der Waals surface area contributed by atoms with Crippen LogP contribution in [0.2, 0.25) is 5.02 Å². The molecule has 162 valence electrons. The minimum absolute atomic E-state index is 0.118. The smallest absolute Gasteiger partial charge is 0.246 e. The lowest BCUT2D eigenvalue weighted by Gasteiger charge is -2.34. The summed E-state index contributed by atoms with van der Waals surface area (Å²) in [6, 6.07) is 12.7. The highest BCUT2D eigenvalue weighted by molar-refractivity contribution is 7.89. The summed E-state index contributed by atoms with van der Waals surface area (Å²) in [5.74, 6) is -0.897. The second kappa shape index (κ2) is 9.04. The van der Waals surface area contributed by atoms with Crippen molar-refractivity contribution in [2.24, 2.45) is 0 Å². The number of benzene rings is 2. The molecular formula is C21H19ClFN3O3S2. The van der Waals surface area contributed by atoms with Crippen LogP contribution in [0.3, 0.4) is 0 Å². The molecule has 1 aliphatic heterocycles. The molecule has 1 fully saturated rings. The molecule has 0 spiro atoms. The van der Waals surface area contributed by atoms with E-state index < -0.39 is 15.8 Å². The molecule has 0 aliphatic carbocycles. The van der Waals surface area contributed by atoms with E-state index in [1.54, 1.807) is 11.0 Å². The van der Waals surface area contributed by atoms with Crippen molar-refractivity contribution in [3.63, 3.8) is 0 Å². The van der Waals surface area contributed by atoms with Crippen molar-refractivity contribution >= 4 is 38.9 Å². The molecule has 0 radical (unpaired) electrons. The monoisotopic (exact) mass is 479 g/mol. The molecule has 0 unspecified atom stereocenters. The number of sulfonamides is 1. The van der Waals surface area contributed by atoms with Crippen LogP contribution in [0, 0.1) is 5.82 Å². The number of thiazole rings is 1. The molecule has 2 heterocycles. The normalized spacial score (nSPS) is 15.2. The zero-order valence-corrected chi connectivity index (χ0v) is 18.8. The Morgan fingerprint density at radius 1 is 1.10 bits per heavy atom. The van der Waals surface area contributed by atoms with E-state index in [-0.39, 0.29) is 43.4 Å². The Morgan fingerprint density at radius 2 is 1.84 bits per heavy atom. The number of piperazine rings is 1. The Hall–Kier alpha value is -2.33. The summed E-state index contributed by atoms with van der Waals surface area (Å²) < 4.78 is 40.6. The maximum atomic E-state index is 14.0. The minimum atomic E-state index is -3.93. The van der Waals surface area contributed by atoms with Crippen molar-refractivity contribution in [1.82, 2.24) is 14.2 Å². The molecule has 1 saturated heterocycles. The zero-order chi connectivity index (χ0) is 22.0. The van der Waals surface area contributed by atoms with Gasteiger partial charge in [0.15, 0.2) is 0 Å². The van der Waals surface area contributed by atoms with E-state index in [1.165, 1.54) is 33.8 Å². The van der Waals surface area contributed by atoms with Crippen LogP contribution in [0.1, 0.15) is 5.69 Å². The highest BCUT2D eigenvalue weighted by Gasteiger charge is 2.31. The van der Waals surface area contributed by atoms with Crippen LogP contribution in [-0.4, -0.2) is 54.7 Å². The van der Waals surface area contributed by atoms with E-state index in [0.29, 0.717) is 10.7 Å². The van der Waals surface area contributed by atoms with Crippen molar-refractivity contribution in [2.45, 2.75) is 11.3 Å². The lowest BCUT2D eigenvalue weighted by molar-refractivity contribution is -0.131. The van der Waals surface area contributed by atoms with Crippen LogP contribution in [0.4, 0.5) is 4.39 Å². The number of halogens is 2. The summed E-state index contributed by atoms with van der Waals surface area (Å²) in [5, 5.41) is 3.24. The zero-order valence-electron chi connectivity index (χ0n) is 16.4. The molecule has 6 nitrogen and oxygen atoms in total. The van der Waals surface area contributed by atoms with E-state index in [2.05, 4.69) is 4.98 Å². The van der Waals surface area contributed by atoms with Crippen molar-refractivity contribution in [3.8, 4) is 10.6 Å². The summed E-state index contributed by atoms with van der Waals surface area (Å²) in [6.45, 7) is 0.732. The molecule has 1 amide bonds. The molecule has 3 aromatic rings. The summed E-state index contributed by atoms with van der Waals surface area (Å²) in [6.07, 6.45) is 0.136. The summed E-state index contributed by atoms with van der Waals surface area (Å²) in [7, 11) is -3.93. The predicted molar refractivity (Wildman–Crippen MR) is 118 cm³/mol. The second-order valence-electron chi connectivity index (χ2n) is 7.05. The highest BCUT2D eigenvalue weighted by atomic mass is 35.5. The third-order valence-electron chi connectivity index (χ3n) is 5.00. The first-order chi connectivity index (χ1) is 14.8. The Kier molecular flexibility index (Phi) is 6.38. The van der Waals surface area contributed by atoms with Gasteiger partial charge in [0, 0.05) is 42.1 Å². The lowest BCUT2D eigenvalue weighted by Crippen LogP contribution is -2.51. The Balaban J connectivity index is 1.37. The maximum Gasteiger partial charge on any atom is 0.246 e. The van der Waals surface area contributed by atoms with Gasteiger partial charge >= 0.3 is 0 Å². The van der Waals surface area contributed by atoms with Crippen LogP contribution >= 0.6 is 22.9 Å². The number of carbonyl (C=O) groups is 1. The fourth-order valence-corrected chi connectivity index (χ4v) is 5.87. The fourth-order valence-electron chi connectivity index (χ4n) is 3.38. The molecule has 10 heteroatoms. The molecule has 4 rings (SSSR count). The van der Waals surface area contributed by atoms with E-state index in [0.717, 1.165) is 16.6 Å². The van der Waals surface area contributed by atoms with E-state index in [4.69, 9.17) is 11.6 Å². The van der Waals surface area contributed by atoms with Gasteiger partial charge in [-0.3, -0.25) is 4.79 Å². The Labute approximate surface area is 189 Å². The number of hydrogen-bond donors (Lipinski definition) is 0. The molecule has 2 aromatic carbocycles. The highest BCUT2D eigenvalue weighted by Crippen LogP contribution is 2.26. The van der Waals surface area contributed by atoms with Gasteiger partial charge in [-0.25, -0.2) is 17.8 Å². The number of carbonyl (C=O) groups excluding carboxylic acids is 1. The van der Waals surface area contributed by atoms with Crippen LogP contribution in [0.5, 0.6) is 0 Å². The first kappa shape index (κ1) is 21.9. The van der Waals surface area contributed by atoms with Gasteiger partial charge in [-0.2, -0.15) is 4.31 Å². The van der Waals surface area contributed by atoms with Gasteiger partial charge in [-0.1, -0.05) is 35.9 Å². The first-order valence-corrected chi connectivity index (χ1v) is 12.3. The van der Waals surface area contributed by atoms with Crippen LogP contribution in [0.15, 0.2) is 58.8 Å². The van der Waals surface area contributed by atoms with Gasteiger partial charge < -0.3 is 4.90 Å². The first-order valence-electron chi connectivity index (χ1n) is 9.57. The SMILES string of the molecule is O=C(Cc1csc(-c2cccc(Cl)c2)n1)N1CCN(S(=O)(=O)c2ccccc2F)CC1. The number of rotatable bonds is 5. The molecule has 0 bridgehead atoms. The van der Waals surface area contributed by atoms with E-state index >= 15 is 0 Å². The van der Waals surface area contributed by atoms with Crippen LogP contribution < -0.4 is 0 Å². The largest absolute Gasteiger partial charge is 0.340 e. The second-order valence-corrected chi connectivity index (χ2v) is 10.2. The number of aromatic nitrogens is 1. The summed E-state index contributed by atoms with van der Waals surface area (Å²) in [5.41, 5.74) is 1.55. The van der Waals surface area contributed by atoms with E-state index in [1.807, 2.05) is 23.6 Å². The molecule has 1 aliphatic rings. The number of amides is 1. The van der Waals surface area contributed by atoms with Crippen molar-refractivity contribution in [1.29, 1.82) is 0 Å². The van der Waals surface area contributed by atoms with Crippen molar-refractivity contribution in [3.05, 3.63) is 70.4 Å². The van der Waals surface area contributed by atoms with Crippen LogP contribution in [-0.2, 0) is 21.2 Å². The average Bonchev–Trinajstić information content (AvgIpc) is 3.22. The van der Waals surface area contributed by atoms with Crippen LogP contribution in [0.25, 0.3) is 10.6 Å². The molecular weight excluding hydrogens is 461 g/mol. The summed E-state index contributed by atoms with van der Waals surface area (Å²) >= 11 is 7.47. The topological polar surface area (TPSA) is 70.6 Å². The van der Waals surface area contributed by atoms with Crippen molar-refractivity contribution < 1.29 is 17.6 Å². The maximum absolute atomic E-state index is 14.0. The third kappa shape index (κ3) is 4.79. The quantitative estimate of drug-likeness (QED) is 0.559. The minimum Gasteiger partial charge on any atom is -0.340 e. The Bertz CT molecular complexity index is 1210. The van der Waals surface area contributed by atoms with E-state index in [9.17, 15) is 17.6 Å². The van der Waals surface area contributed by atoms with Crippen molar-refractivity contribution in [2.75, 3.05) is 26.2 Å². The number of hydrogen-bond acceptors (Lipinski definition) is 5. The summed E-state index contributed by atoms with van der Waals surface area (Å²) in [4.78, 5) is 18.5. The average molecular weight is 480 g/mol. The third-order valence-corrected chi connectivity index (χ3v) is 8.11. The van der Waals surface area contributed by atoms with Gasteiger partial charge in [-0.05, 0) is 24.3 Å². The molecule has 0 atom stereocenters. The molecule has 1 aromatic heterocycles. The molecule has 31 heavy (non-hydrogen) atoms. The van der Waals surface area contributed by atoms with Gasteiger partial charge in [0.05, 0.1) is 12.1 Å². The predicted octanol–water partition coefficient (Wildman–Crippen LogP) is 3.68. The Morgan fingerprint density at radius 3 is 2.55 bits per heavy atom.